The minimum atomic E-state index is 0.502. The average molecular weight is 340 g/mol. The lowest BCUT2D eigenvalue weighted by molar-refractivity contribution is 0.254. The fraction of sp³-hybridized carbons (Fsp3) is 0.632. The summed E-state index contributed by atoms with van der Waals surface area (Å²) in [5.74, 6) is 0.502. The number of aromatic nitrogens is 3. The van der Waals surface area contributed by atoms with Gasteiger partial charge in [0, 0.05) is 12.0 Å². The molecule has 4 rings (SSSR count). The lowest BCUT2D eigenvalue weighted by atomic mass is 9.92. The first-order valence-corrected chi connectivity index (χ1v) is 9.43. The highest BCUT2D eigenvalue weighted by atomic mass is 15.1. The number of pyridine rings is 1. The fourth-order valence-electron chi connectivity index (χ4n) is 4.01. The first-order chi connectivity index (χ1) is 12.2. The summed E-state index contributed by atoms with van der Waals surface area (Å²) in [6.07, 6.45) is 8.33. The molecule has 0 aliphatic carbocycles. The zero-order valence-electron chi connectivity index (χ0n) is 15.3. The van der Waals surface area contributed by atoms with Crippen LogP contribution in [-0.4, -0.2) is 71.1 Å². The van der Waals surface area contributed by atoms with Crippen LogP contribution in [0.5, 0.6) is 0 Å². The molecule has 2 fully saturated rings. The molecule has 2 saturated heterocycles. The molecule has 0 unspecified atom stereocenters. The number of piperidine rings is 2. The number of nitrogens with zero attached hydrogens (tertiary/aromatic N) is 5. The van der Waals surface area contributed by atoms with Crippen molar-refractivity contribution in [2.45, 2.75) is 37.6 Å². The molecule has 1 N–H and O–H groups in total. The Morgan fingerprint density at radius 2 is 1.60 bits per heavy atom. The van der Waals surface area contributed by atoms with Gasteiger partial charge in [0.15, 0.2) is 0 Å². The van der Waals surface area contributed by atoms with Crippen LogP contribution in [0.1, 0.15) is 37.3 Å². The topological polar surface area (TPSA) is 57.2 Å². The second-order valence-corrected chi connectivity index (χ2v) is 7.65. The Labute approximate surface area is 149 Å². The maximum Gasteiger partial charge on any atom is 0.116 e. The number of likely N-dealkylation sites (tertiary alicyclic amines) is 2. The van der Waals surface area contributed by atoms with Crippen LogP contribution in [0, 0.1) is 0 Å². The van der Waals surface area contributed by atoms with Crippen LogP contribution in [0.4, 0.5) is 5.69 Å². The number of rotatable bonds is 3. The van der Waals surface area contributed by atoms with Crippen LogP contribution < -0.4 is 5.32 Å². The van der Waals surface area contributed by atoms with Gasteiger partial charge in [0.25, 0.3) is 0 Å². The maximum absolute atomic E-state index is 4.74. The monoisotopic (exact) mass is 340 g/mol. The molecule has 0 amide bonds. The van der Waals surface area contributed by atoms with Crippen molar-refractivity contribution in [3.8, 4) is 0 Å². The second kappa shape index (κ2) is 7.22. The van der Waals surface area contributed by atoms with Gasteiger partial charge >= 0.3 is 0 Å². The van der Waals surface area contributed by atoms with E-state index in [0.717, 1.165) is 61.4 Å². The van der Waals surface area contributed by atoms with E-state index < -0.39 is 0 Å². The molecule has 0 spiro atoms. The quantitative estimate of drug-likeness (QED) is 0.925. The molecular weight excluding hydrogens is 312 g/mol. The van der Waals surface area contributed by atoms with Gasteiger partial charge in [0.05, 0.1) is 23.1 Å². The minimum Gasteiger partial charge on any atom is -0.381 e. The number of hydrogen-bond donors (Lipinski definition) is 1. The maximum atomic E-state index is 4.74. The Hall–Kier alpha value is -1.79. The third kappa shape index (κ3) is 3.75. The number of nitrogens with one attached hydrogen (secondary N) is 1. The van der Waals surface area contributed by atoms with E-state index in [2.05, 4.69) is 45.2 Å². The zero-order chi connectivity index (χ0) is 17.2. The van der Waals surface area contributed by atoms with Gasteiger partial charge in [-0.1, -0.05) is 0 Å². The summed E-state index contributed by atoms with van der Waals surface area (Å²) >= 11 is 0. The molecular formula is C19H28N6. The second-order valence-electron chi connectivity index (χ2n) is 7.65. The Morgan fingerprint density at radius 1 is 0.920 bits per heavy atom. The molecule has 2 aliphatic heterocycles. The summed E-state index contributed by atoms with van der Waals surface area (Å²) in [4.78, 5) is 18.6. The molecule has 0 saturated carbocycles. The molecule has 134 valence electrons. The van der Waals surface area contributed by atoms with Crippen molar-refractivity contribution in [2.24, 2.45) is 0 Å². The fourth-order valence-corrected chi connectivity index (χ4v) is 4.01. The van der Waals surface area contributed by atoms with E-state index in [1.54, 1.807) is 6.33 Å². The molecule has 6 heteroatoms. The van der Waals surface area contributed by atoms with Crippen molar-refractivity contribution >= 4 is 16.7 Å². The predicted molar refractivity (Wildman–Crippen MR) is 101 cm³/mol. The standard InChI is InChI=1S/C19H28N6/c1-24-7-3-14(4-8-24)18-19-17(21-13-22-18)11-16(12-20-19)23-15-5-9-25(2)10-6-15/h11-15,23H,3-10H2,1-2H3. The van der Waals surface area contributed by atoms with Crippen LogP contribution in [0.3, 0.4) is 0 Å². The average Bonchev–Trinajstić information content (AvgIpc) is 2.64. The molecule has 0 radical (unpaired) electrons. The first-order valence-electron chi connectivity index (χ1n) is 9.43. The van der Waals surface area contributed by atoms with Crippen molar-refractivity contribution < 1.29 is 0 Å². The Bertz CT molecular complexity index is 717. The normalized spacial score (nSPS) is 21.7. The van der Waals surface area contributed by atoms with E-state index in [-0.39, 0.29) is 0 Å². The van der Waals surface area contributed by atoms with Crippen LogP contribution in [0.2, 0.25) is 0 Å². The summed E-state index contributed by atoms with van der Waals surface area (Å²) in [5.41, 5.74) is 4.15. The van der Waals surface area contributed by atoms with Crippen molar-refractivity contribution in [2.75, 3.05) is 45.6 Å². The van der Waals surface area contributed by atoms with Crippen LogP contribution in [0.25, 0.3) is 11.0 Å². The van der Waals surface area contributed by atoms with Crippen LogP contribution >= 0.6 is 0 Å². The van der Waals surface area contributed by atoms with E-state index in [0.29, 0.717) is 12.0 Å². The van der Waals surface area contributed by atoms with Crippen molar-refractivity contribution in [3.05, 3.63) is 24.3 Å². The molecule has 2 aliphatic rings. The highest BCUT2D eigenvalue weighted by molar-refractivity contribution is 5.79. The SMILES string of the molecule is CN1CCC(Nc2cnc3c(C4CCN(C)CC4)ncnc3c2)CC1. The van der Waals surface area contributed by atoms with E-state index >= 15 is 0 Å². The molecule has 0 aromatic carbocycles. The summed E-state index contributed by atoms with van der Waals surface area (Å²) in [6.45, 7) is 4.57. The summed E-state index contributed by atoms with van der Waals surface area (Å²) in [7, 11) is 4.38. The van der Waals surface area contributed by atoms with Crippen LogP contribution in [0.15, 0.2) is 18.6 Å². The minimum absolute atomic E-state index is 0.502. The van der Waals surface area contributed by atoms with Gasteiger partial charge in [-0.05, 0) is 72.0 Å². The van der Waals surface area contributed by atoms with E-state index in [1.807, 2.05) is 6.20 Å². The number of fused-ring (bicyclic) bond motifs is 1. The first kappa shape index (κ1) is 16.7. The smallest absolute Gasteiger partial charge is 0.116 e. The van der Waals surface area contributed by atoms with E-state index in [9.17, 15) is 0 Å². The third-order valence-corrected chi connectivity index (χ3v) is 5.70. The summed E-state index contributed by atoms with van der Waals surface area (Å²) in [5, 5.41) is 3.64. The van der Waals surface area contributed by atoms with Gasteiger partial charge in [-0.2, -0.15) is 0 Å². The van der Waals surface area contributed by atoms with Crippen molar-refractivity contribution in [1.29, 1.82) is 0 Å². The number of anilines is 1. The highest BCUT2D eigenvalue weighted by Crippen LogP contribution is 2.30. The van der Waals surface area contributed by atoms with Gasteiger partial charge in [0.2, 0.25) is 0 Å². The number of hydrogen-bond acceptors (Lipinski definition) is 6. The summed E-state index contributed by atoms with van der Waals surface area (Å²) < 4.78 is 0. The van der Waals surface area contributed by atoms with E-state index in [4.69, 9.17) is 4.98 Å². The van der Waals surface area contributed by atoms with Gasteiger partial charge in [-0.25, -0.2) is 9.97 Å². The van der Waals surface area contributed by atoms with Crippen LogP contribution in [-0.2, 0) is 0 Å². The molecule has 6 nitrogen and oxygen atoms in total. The Kier molecular flexibility index (Phi) is 4.81. The Morgan fingerprint density at radius 3 is 2.32 bits per heavy atom. The van der Waals surface area contributed by atoms with Crippen molar-refractivity contribution in [3.63, 3.8) is 0 Å². The van der Waals surface area contributed by atoms with Gasteiger partial charge in [-0.3, -0.25) is 4.98 Å². The van der Waals surface area contributed by atoms with Crippen molar-refractivity contribution in [1.82, 2.24) is 24.8 Å². The molecule has 4 heterocycles. The van der Waals surface area contributed by atoms with Gasteiger partial charge in [0.1, 0.15) is 11.8 Å². The van der Waals surface area contributed by atoms with Gasteiger partial charge < -0.3 is 15.1 Å². The largest absolute Gasteiger partial charge is 0.381 e. The molecule has 0 bridgehead atoms. The lowest BCUT2D eigenvalue weighted by Crippen LogP contribution is -2.36. The molecule has 25 heavy (non-hydrogen) atoms. The summed E-state index contributed by atoms with van der Waals surface area (Å²) in [6, 6.07) is 2.67. The molecule has 2 aromatic rings. The Balaban J connectivity index is 1.53. The molecule has 2 aromatic heterocycles. The van der Waals surface area contributed by atoms with E-state index in [1.165, 1.54) is 12.8 Å². The zero-order valence-corrected chi connectivity index (χ0v) is 15.3. The lowest BCUT2D eigenvalue weighted by Gasteiger charge is -2.30. The third-order valence-electron chi connectivity index (χ3n) is 5.70. The predicted octanol–water partition coefficient (Wildman–Crippen LogP) is 2.34. The van der Waals surface area contributed by atoms with Gasteiger partial charge in [-0.15, -0.1) is 0 Å². The highest BCUT2D eigenvalue weighted by Gasteiger charge is 2.22. The molecule has 0 atom stereocenters.